The van der Waals surface area contributed by atoms with Gasteiger partial charge in [-0.05, 0) is 38.5 Å². The first-order valence-corrected chi connectivity index (χ1v) is 7.92. The van der Waals surface area contributed by atoms with E-state index >= 15 is 0 Å². The molecule has 2 heterocycles. The van der Waals surface area contributed by atoms with Crippen molar-refractivity contribution >= 4 is 27.9 Å². The van der Waals surface area contributed by atoms with E-state index in [-0.39, 0.29) is 5.78 Å². The van der Waals surface area contributed by atoms with Crippen LogP contribution in [-0.2, 0) is 0 Å². The Hall–Kier alpha value is -2.40. The maximum atomic E-state index is 11.7. The van der Waals surface area contributed by atoms with Gasteiger partial charge in [-0.25, -0.2) is 4.98 Å². The Morgan fingerprint density at radius 1 is 1.23 bits per heavy atom. The molecule has 0 fully saturated rings. The van der Waals surface area contributed by atoms with Gasteiger partial charge in [0.25, 0.3) is 0 Å². The molecule has 0 spiro atoms. The maximum Gasteiger partial charge on any atom is 0.187 e. The SMILES string of the molecule is CC(=O)c1c(C)[nH]c(-c2csc(Nc3ccccc3)n2)c1C. The smallest absolute Gasteiger partial charge is 0.187 e. The lowest BCUT2D eigenvalue weighted by molar-refractivity contribution is 0.101. The quantitative estimate of drug-likeness (QED) is 0.687. The number of ketones is 1. The zero-order chi connectivity index (χ0) is 15.7. The number of thiazole rings is 1. The normalized spacial score (nSPS) is 10.7. The third-order valence-corrected chi connectivity index (χ3v) is 4.33. The van der Waals surface area contributed by atoms with E-state index in [1.54, 1.807) is 18.3 Å². The van der Waals surface area contributed by atoms with Crippen LogP contribution >= 0.6 is 11.3 Å². The number of Topliss-reactive ketones (excluding diaryl/α,β-unsaturated/α-hetero) is 1. The number of benzene rings is 1. The zero-order valence-electron chi connectivity index (χ0n) is 12.7. The third kappa shape index (κ3) is 2.67. The highest BCUT2D eigenvalue weighted by molar-refractivity contribution is 7.14. The Labute approximate surface area is 133 Å². The first kappa shape index (κ1) is 14.5. The molecule has 2 aromatic heterocycles. The number of nitrogens with zero attached hydrogens (tertiary/aromatic N) is 1. The fourth-order valence-electron chi connectivity index (χ4n) is 2.63. The minimum absolute atomic E-state index is 0.0790. The second-order valence-electron chi connectivity index (χ2n) is 5.21. The fraction of sp³-hybridized carbons (Fsp3) is 0.176. The number of rotatable bonds is 4. The van der Waals surface area contributed by atoms with Crippen molar-refractivity contribution < 1.29 is 4.79 Å². The van der Waals surface area contributed by atoms with Gasteiger partial charge in [-0.1, -0.05) is 18.2 Å². The molecule has 0 aliphatic heterocycles. The van der Waals surface area contributed by atoms with Crippen LogP contribution in [0.2, 0.25) is 0 Å². The van der Waals surface area contributed by atoms with Crippen LogP contribution in [0.3, 0.4) is 0 Å². The first-order valence-electron chi connectivity index (χ1n) is 7.04. The summed E-state index contributed by atoms with van der Waals surface area (Å²) in [7, 11) is 0. The molecule has 0 amide bonds. The summed E-state index contributed by atoms with van der Waals surface area (Å²) in [5.74, 6) is 0.0790. The zero-order valence-corrected chi connectivity index (χ0v) is 13.5. The molecule has 4 nitrogen and oxygen atoms in total. The van der Waals surface area contributed by atoms with Gasteiger partial charge in [0.15, 0.2) is 10.9 Å². The van der Waals surface area contributed by atoms with Gasteiger partial charge in [0.05, 0.1) is 5.69 Å². The number of carbonyl (C=O) groups is 1. The number of aryl methyl sites for hydroxylation is 1. The molecule has 112 valence electrons. The fourth-order valence-corrected chi connectivity index (χ4v) is 3.35. The summed E-state index contributed by atoms with van der Waals surface area (Å²) >= 11 is 1.54. The van der Waals surface area contributed by atoms with Crippen LogP contribution in [0.1, 0.15) is 28.5 Å². The van der Waals surface area contributed by atoms with Crippen LogP contribution in [0.5, 0.6) is 0 Å². The Bertz CT molecular complexity index is 818. The van der Waals surface area contributed by atoms with Crippen LogP contribution in [0, 0.1) is 13.8 Å². The van der Waals surface area contributed by atoms with Crippen molar-refractivity contribution in [2.24, 2.45) is 0 Å². The number of nitrogens with one attached hydrogen (secondary N) is 2. The van der Waals surface area contributed by atoms with E-state index < -0.39 is 0 Å². The van der Waals surface area contributed by atoms with E-state index in [4.69, 9.17) is 0 Å². The topological polar surface area (TPSA) is 57.8 Å². The van der Waals surface area contributed by atoms with E-state index in [1.165, 1.54) is 0 Å². The van der Waals surface area contributed by atoms with Crippen LogP contribution in [-0.4, -0.2) is 15.8 Å². The molecule has 1 aromatic carbocycles. The lowest BCUT2D eigenvalue weighted by Gasteiger charge is -2.01. The van der Waals surface area contributed by atoms with E-state index in [1.807, 2.05) is 49.6 Å². The molecule has 0 unspecified atom stereocenters. The number of para-hydroxylation sites is 1. The molecule has 0 saturated carbocycles. The lowest BCUT2D eigenvalue weighted by Crippen LogP contribution is -1.94. The number of H-pyrrole nitrogens is 1. The number of carbonyl (C=O) groups excluding carboxylic acids is 1. The molecule has 22 heavy (non-hydrogen) atoms. The van der Waals surface area contributed by atoms with Gasteiger partial charge >= 0.3 is 0 Å². The second kappa shape index (κ2) is 5.77. The highest BCUT2D eigenvalue weighted by atomic mass is 32.1. The largest absolute Gasteiger partial charge is 0.356 e. The van der Waals surface area contributed by atoms with E-state index in [0.717, 1.165) is 39.0 Å². The molecule has 0 aliphatic carbocycles. The van der Waals surface area contributed by atoms with Crippen molar-refractivity contribution in [1.29, 1.82) is 0 Å². The molecule has 2 N–H and O–H groups in total. The Kier molecular flexibility index (Phi) is 3.81. The number of aromatic nitrogens is 2. The molecule has 0 aliphatic rings. The summed E-state index contributed by atoms with van der Waals surface area (Å²) in [6, 6.07) is 9.94. The Morgan fingerprint density at radius 3 is 2.59 bits per heavy atom. The van der Waals surface area contributed by atoms with Gasteiger partial charge in [-0.2, -0.15) is 0 Å². The van der Waals surface area contributed by atoms with Gasteiger partial charge in [-0.15, -0.1) is 11.3 Å². The number of aromatic amines is 1. The molecule has 0 bridgehead atoms. The number of hydrogen-bond donors (Lipinski definition) is 2. The highest BCUT2D eigenvalue weighted by Gasteiger charge is 2.17. The molecule has 3 aromatic rings. The monoisotopic (exact) mass is 311 g/mol. The van der Waals surface area contributed by atoms with Gasteiger partial charge in [0, 0.05) is 22.3 Å². The van der Waals surface area contributed by atoms with E-state index in [2.05, 4.69) is 15.3 Å². The molecule has 5 heteroatoms. The van der Waals surface area contributed by atoms with Crippen LogP contribution in [0.25, 0.3) is 11.4 Å². The Balaban J connectivity index is 1.91. The van der Waals surface area contributed by atoms with Gasteiger partial charge in [0.2, 0.25) is 0 Å². The van der Waals surface area contributed by atoms with Gasteiger partial charge in [-0.3, -0.25) is 4.79 Å². The van der Waals surface area contributed by atoms with Crippen molar-refractivity contribution in [2.45, 2.75) is 20.8 Å². The molecular weight excluding hydrogens is 294 g/mol. The lowest BCUT2D eigenvalue weighted by atomic mass is 10.1. The second-order valence-corrected chi connectivity index (χ2v) is 6.07. The van der Waals surface area contributed by atoms with Crippen LogP contribution in [0.15, 0.2) is 35.7 Å². The van der Waals surface area contributed by atoms with E-state index in [9.17, 15) is 4.79 Å². The number of hydrogen-bond acceptors (Lipinski definition) is 4. The highest BCUT2D eigenvalue weighted by Crippen LogP contribution is 2.31. The molecule has 0 radical (unpaired) electrons. The standard InChI is InChI=1S/C17H17N3OS/c1-10-15(12(3)21)11(2)18-16(10)14-9-22-17(20-14)19-13-7-5-4-6-8-13/h4-9,18H,1-3H3,(H,19,20). The van der Waals surface area contributed by atoms with Crippen molar-refractivity contribution in [3.8, 4) is 11.4 Å². The predicted molar refractivity (Wildman–Crippen MR) is 91.1 cm³/mol. The summed E-state index contributed by atoms with van der Waals surface area (Å²) < 4.78 is 0. The van der Waals surface area contributed by atoms with Crippen LogP contribution < -0.4 is 5.32 Å². The van der Waals surface area contributed by atoms with Crippen molar-refractivity contribution in [1.82, 2.24) is 9.97 Å². The molecule has 0 atom stereocenters. The van der Waals surface area contributed by atoms with Gasteiger partial charge in [0.1, 0.15) is 5.69 Å². The summed E-state index contributed by atoms with van der Waals surface area (Å²) in [6.07, 6.45) is 0. The predicted octanol–water partition coefficient (Wildman–Crippen LogP) is 4.70. The molecule has 3 rings (SSSR count). The minimum atomic E-state index is 0.0790. The van der Waals surface area contributed by atoms with Crippen molar-refractivity contribution in [3.05, 3.63) is 52.5 Å². The Morgan fingerprint density at radius 2 is 1.95 bits per heavy atom. The number of anilines is 2. The minimum Gasteiger partial charge on any atom is -0.356 e. The summed E-state index contributed by atoms with van der Waals surface area (Å²) in [4.78, 5) is 19.6. The average molecular weight is 311 g/mol. The summed E-state index contributed by atoms with van der Waals surface area (Å²) in [5.41, 5.74) is 5.40. The van der Waals surface area contributed by atoms with Crippen LogP contribution in [0.4, 0.5) is 10.8 Å². The first-order chi connectivity index (χ1) is 10.6. The summed E-state index contributed by atoms with van der Waals surface area (Å²) in [6.45, 7) is 5.47. The van der Waals surface area contributed by atoms with Crippen molar-refractivity contribution in [3.63, 3.8) is 0 Å². The molecule has 0 saturated heterocycles. The van der Waals surface area contributed by atoms with E-state index in [0.29, 0.717) is 0 Å². The van der Waals surface area contributed by atoms with Crippen molar-refractivity contribution in [2.75, 3.05) is 5.32 Å². The maximum absolute atomic E-state index is 11.7. The molecular formula is C17H17N3OS. The third-order valence-electron chi connectivity index (χ3n) is 3.57. The summed E-state index contributed by atoms with van der Waals surface area (Å²) in [5, 5.41) is 6.11. The van der Waals surface area contributed by atoms with Gasteiger partial charge < -0.3 is 10.3 Å². The average Bonchev–Trinajstić information content (AvgIpc) is 3.04.